The normalized spacial score (nSPS) is 14.6. The number of aromatic amines is 1. The molecule has 9 heteroatoms. The quantitative estimate of drug-likeness (QED) is 0.596. The Kier molecular flexibility index (Phi) is 4.93. The molecule has 0 unspecified atom stereocenters. The molecule has 1 fully saturated rings. The van der Waals surface area contributed by atoms with Crippen LogP contribution in [0.4, 0.5) is 8.78 Å². The Labute approximate surface area is 170 Å². The average Bonchev–Trinajstić information content (AvgIpc) is 3.40. The number of halogens is 4. The Morgan fingerprint density at radius 2 is 1.54 bits per heavy atom. The first-order chi connectivity index (χ1) is 13.3. The van der Waals surface area contributed by atoms with Crippen LogP contribution in [-0.4, -0.2) is 23.6 Å². The van der Waals surface area contributed by atoms with E-state index in [1.165, 1.54) is 42.6 Å². The lowest BCUT2D eigenvalue weighted by atomic mass is 9.90. The van der Waals surface area contributed by atoms with Crippen LogP contribution < -0.4 is 0 Å². The second-order valence-corrected chi connectivity index (χ2v) is 9.67. The highest BCUT2D eigenvalue weighted by Crippen LogP contribution is 2.36. The molecule has 1 saturated carbocycles. The van der Waals surface area contributed by atoms with Gasteiger partial charge in [0.05, 0.1) is 27.4 Å². The molecule has 1 N–H and O–H groups in total. The minimum absolute atomic E-state index is 0.0245. The van der Waals surface area contributed by atoms with Crippen molar-refractivity contribution in [2.45, 2.75) is 29.0 Å². The molecule has 1 aliphatic rings. The van der Waals surface area contributed by atoms with Crippen LogP contribution in [0.2, 0.25) is 10.0 Å². The molecular weight excluding hydrogens is 429 g/mol. The van der Waals surface area contributed by atoms with Gasteiger partial charge in [0.15, 0.2) is 14.9 Å². The fourth-order valence-corrected chi connectivity index (χ4v) is 5.00. The van der Waals surface area contributed by atoms with Gasteiger partial charge in [-0.05, 0) is 48.2 Å². The maximum absolute atomic E-state index is 13.6. The van der Waals surface area contributed by atoms with Crippen LogP contribution in [0.3, 0.4) is 0 Å². The molecule has 146 valence electrons. The van der Waals surface area contributed by atoms with Gasteiger partial charge < -0.3 is 4.98 Å². The van der Waals surface area contributed by atoms with E-state index in [1.54, 1.807) is 0 Å². The highest BCUT2D eigenvalue weighted by atomic mass is 35.5. The van der Waals surface area contributed by atoms with Gasteiger partial charge in [-0.3, -0.25) is 0 Å². The van der Waals surface area contributed by atoms with Crippen LogP contribution in [0.25, 0.3) is 0 Å². The van der Waals surface area contributed by atoms with E-state index in [1.807, 2.05) is 0 Å². The van der Waals surface area contributed by atoms with E-state index in [9.17, 15) is 17.2 Å². The standard InChI is InChI=1S/C19H14Cl2F2N2O2S/c20-13-7-10(1-5-15(13)22)18(11-2-6-16(23)14(21)8-11)19-24-9-17(25-19)28(26,27)12-3-4-12/h1-2,5-9,12,18H,3-4H2,(H,24,25). The van der Waals surface area contributed by atoms with Crippen LogP contribution in [0.1, 0.15) is 35.7 Å². The molecule has 4 rings (SSSR count). The Balaban J connectivity index is 1.84. The van der Waals surface area contributed by atoms with E-state index < -0.39 is 27.4 Å². The fraction of sp³-hybridized carbons (Fsp3) is 0.211. The zero-order chi connectivity index (χ0) is 20.1. The van der Waals surface area contributed by atoms with Crippen LogP contribution >= 0.6 is 23.2 Å². The van der Waals surface area contributed by atoms with E-state index in [2.05, 4.69) is 9.97 Å². The second-order valence-electron chi connectivity index (χ2n) is 6.66. The Morgan fingerprint density at radius 3 is 2.00 bits per heavy atom. The number of H-pyrrole nitrogens is 1. The zero-order valence-corrected chi connectivity index (χ0v) is 16.6. The molecule has 3 aromatic rings. The number of hydrogen-bond donors (Lipinski definition) is 1. The third kappa shape index (κ3) is 3.54. The molecule has 0 radical (unpaired) electrons. The van der Waals surface area contributed by atoms with Crippen molar-refractivity contribution >= 4 is 33.0 Å². The largest absolute Gasteiger partial charge is 0.332 e. The number of aromatic nitrogens is 2. The molecule has 0 amide bonds. The van der Waals surface area contributed by atoms with Gasteiger partial charge in [-0.25, -0.2) is 22.2 Å². The molecule has 0 bridgehead atoms. The molecule has 2 aromatic carbocycles. The molecule has 1 aliphatic carbocycles. The lowest BCUT2D eigenvalue weighted by Crippen LogP contribution is -2.09. The van der Waals surface area contributed by atoms with Crippen molar-refractivity contribution in [3.8, 4) is 0 Å². The van der Waals surface area contributed by atoms with Crippen molar-refractivity contribution < 1.29 is 17.2 Å². The van der Waals surface area contributed by atoms with Crippen LogP contribution in [-0.2, 0) is 9.84 Å². The summed E-state index contributed by atoms with van der Waals surface area (Å²) >= 11 is 11.9. The zero-order valence-electron chi connectivity index (χ0n) is 14.3. The molecule has 1 aromatic heterocycles. The fourth-order valence-electron chi connectivity index (χ4n) is 3.06. The summed E-state index contributed by atoms with van der Waals surface area (Å²) < 4.78 is 52.2. The first-order valence-corrected chi connectivity index (χ1v) is 10.8. The summed E-state index contributed by atoms with van der Waals surface area (Å²) in [5.41, 5.74) is 1.11. The van der Waals surface area contributed by atoms with Crippen LogP contribution in [0.5, 0.6) is 0 Å². The summed E-state index contributed by atoms with van der Waals surface area (Å²) in [7, 11) is -3.46. The smallest absolute Gasteiger partial charge is 0.198 e. The third-order valence-corrected chi connectivity index (χ3v) is 7.42. The van der Waals surface area contributed by atoms with E-state index in [0.29, 0.717) is 29.8 Å². The molecule has 0 saturated heterocycles. The lowest BCUT2D eigenvalue weighted by Gasteiger charge is -2.17. The van der Waals surface area contributed by atoms with Gasteiger partial charge in [0.25, 0.3) is 0 Å². The number of nitrogens with zero attached hydrogens (tertiary/aromatic N) is 1. The van der Waals surface area contributed by atoms with Gasteiger partial charge in [0.1, 0.15) is 17.5 Å². The monoisotopic (exact) mass is 442 g/mol. The third-order valence-electron chi connectivity index (χ3n) is 4.67. The summed E-state index contributed by atoms with van der Waals surface area (Å²) in [4.78, 5) is 7.11. The van der Waals surface area contributed by atoms with E-state index in [-0.39, 0.29) is 20.3 Å². The summed E-state index contributed by atoms with van der Waals surface area (Å²) in [5.74, 6) is -1.50. The molecule has 0 spiro atoms. The van der Waals surface area contributed by atoms with E-state index in [0.717, 1.165) is 0 Å². The van der Waals surface area contributed by atoms with Gasteiger partial charge >= 0.3 is 0 Å². The Bertz CT molecular complexity index is 1110. The molecular formula is C19H14Cl2F2N2O2S. The van der Waals surface area contributed by atoms with Crippen molar-refractivity contribution in [2.75, 3.05) is 0 Å². The van der Waals surface area contributed by atoms with Crippen molar-refractivity contribution in [1.82, 2.24) is 9.97 Å². The topological polar surface area (TPSA) is 62.8 Å². The number of benzene rings is 2. The predicted molar refractivity (Wildman–Crippen MR) is 103 cm³/mol. The summed E-state index contributed by atoms with van der Waals surface area (Å²) in [6, 6.07) is 8.30. The number of sulfone groups is 1. The van der Waals surface area contributed by atoms with Gasteiger partial charge in [0.2, 0.25) is 0 Å². The van der Waals surface area contributed by atoms with Crippen LogP contribution in [0, 0.1) is 11.6 Å². The van der Waals surface area contributed by atoms with Gasteiger partial charge in [-0.1, -0.05) is 35.3 Å². The molecule has 28 heavy (non-hydrogen) atoms. The number of nitrogens with one attached hydrogen (secondary N) is 1. The van der Waals surface area contributed by atoms with Crippen molar-refractivity contribution in [3.05, 3.63) is 81.2 Å². The Morgan fingerprint density at radius 1 is 1.00 bits per heavy atom. The van der Waals surface area contributed by atoms with Gasteiger partial charge in [-0.15, -0.1) is 0 Å². The molecule has 1 heterocycles. The van der Waals surface area contributed by atoms with Crippen molar-refractivity contribution in [2.24, 2.45) is 0 Å². The number of hydrogen-bond acceptors (Lipinski definition) is 3. The van der Waals surface area contributed by atoms with Crippen molar-refractivity contribution in [1.29, 1.82) is 0 Å². The molecule has 0 atom stereocenters. The average molecular weight is 443 g/mol. The minimum atomic E-state index is -3.46. The van der Waals surface area contributed by atoms with E-state index in [4.69, 9.17) is 23.2 Å². The molecule has 4 nitrogen and oxygen atoms in total. The summed E-state index contributed by atoms with van der Waals surface area (Å²) in [5, 5.41) is -0.544. The van der Waals surface area contributed by atoms with Crippen molar-refractivity contribution in [3.63, 3.8) is 0 Å². The maximum Gasteiger partial charge on any atom is 0.198 e. The first kappa shape index (κ1) is 19.4. The van der Waals surface area contributed by atoms with E-state index >= 15 is 0 Å². The second kappa shape index (κ2) is 7.13. The van der Waals surface area contributed by atoms with Crippen LogP contribution in [0.15, 0.2) is 47.6 Å². The highest BCUT2D eigenvalue weighted by molar-refractivity contribution is 7.92. The first-order valence-electron chi connectivity index (χ1n) is 8.46. The molecule has 0 aliphatic heterocycles. The number of imidazole rings is 1. The lowest BCUT2D eigenvalue weighted by molar-refractivity contribution is 0.591. The van der Waals surface area contributed by atoms with Gasteiger partial charge in [-0.2, -0.15) is 0 Å². The summed E-state index contributed by atoms with van der Waals surface area (Å²) in [6.45, 7) is 0. The number of rotatable bonds is 5. The minimum Gasteiger partial charge on any atom is -0.332 e. The Hall–Kier alpha value is -1.96. The predicted octanol–water partition coefficient (Wildman–Crippen LogP) is 5.11. The summed E-state index contributed by atoms with van der Waals surface area (Å²) in [6.07, 6.45) is 2.52. The SMILES string of the molecule is O=S(=O)(c1cnc(C(c2ccc(F)c(Cl)c2)c2ccc(F)c(Cl)c2)[nH]1)C1CC1. The van der Waals surface area contributed by atoms with Gasteiger partial charge in [0, 0.05) is 0 Å². The maximum atomic E-state index is 13.6. The highest BCUT2D eigenvalue weighted by Gasteiger charge is 2.38.